The number of hydrogen-bond donors (Lipinski definition) is 1. The van der Waals surface area contributed by atoms with E-state index in [-0.39, 0.29) is 11.4 Å². The predicted octanol–water partition coefficient (Wildman–Crippen LogP) is 1.47. The zero-order valence-electron chi connectivity index (χ0n) is 13.3. The van der Waals surface area contributed by atoms with E-state index < -0.39 is 15.6 Å². The molecule has 0 saturated heterocycles. The Morgan fingerprint density at radius 2 is 2.14 bits per heavy atom. The highest BCUT2D eigenvalue weighted by molar-refractivity contribution is 7.89. The molecule has 1 aromatic rings. The van der Waals surface area contributed by atoms with Crippen molar-refractivity contribution in [1.29, 1.82) is 0 Å². The van der Waals surface area contributed by atoms with Crippen molar-refractivity contribution in [3.63, 3.8) is 0 Å². The van der Waals surface area contributed by atoms with Gasteiger partial charge >= 0.3 is 0 Å². The lowest BCUT2D eigenvalue weighted by atomic mass is 10.1. The minimum Gasteiger partial charge on any atom is -0.320 e. The Labute approximate surface area is 127 Å². The Bertz CT molecular complexity index is 558. The summed E-state index contributed by atoms with van der Waals surface area (Å²) in [6, 6.07) is 0. The first-order valence-electron chi connectivity index (χ1n) is 7.04. The van der Waals surface area contributed by atoms with Crippen molar-refractivity contribution in [3.05, 3.63) is 25.0 Å². The number of sulfonamides is 1. The highest BCUT2D eigenvalue weighted by Gasteiger charge is 2.33. The lowest BCUT2D eigenvalue weighted by Gasteiger charge is -2.33. The summed E-state index contributed by atoms with van der Waals surface area (Å²) < 4.78 is 28.5. The van der Waals surface area contributed by atoms with Gasteiger partial charge in [-0.2, -0.15) is 9.40 Å². The molecule has 0 spiro atoms. The van der Waals surface area contributed by atoms with Crippen LogP contribution in [-0.2, 0) is 16.6 Å². The first-order valence-corrected chi connectivity index (χ1v) is 8.48. The van der Waals surface area contributed by atoms with Crippen LogP contribution >= 0.6 is 0 Å². The van der Waals surface area contributed by atoms with Gasteiger partial charge in [-0.1, -0.05) is 6.08 Å². The van der Waals surface area contributed by atoms with Gasteiger partial charge in [0.05, 0.1) is 6.20 Å². The molecule has 7 heteroatoms. The van der Waals surface area contributed by atoms with Crippen LogP contribution in [0.1, 0.15) is 27.2 Å². The molecule has 21 heavy (non-hydrogen) atoms. The molecule has 0 fully saturated rings. The van der Waals surface area contributed by atoms with E-state index in [0.29, 0.717) is 6.54 Å². The third-order valence-corrected chi connectivity index (χ3v) is 5.14. The molecule has 1 heterocycles. The Hall–Kier alpha value is -1.18. The van der Waals surface area contributed by atoms with Crippen molar-refractivity contribution in [2.45, 2.75) is 44.2 Å². The summed E-state index contributed by atoms with van der Waals surface area (Å²) in [5.41, 5.74) is -0.513. The second kappa shape index (κ2) is 7.20. The molecule has 120 valence electrons. The predicted molar refractivity (Wildman–Crippen MR) is 84.6 cm³/mol. The number of aryl methyl sites for hydroxylation is 1. The van der Waals surface area contributed by atoms with Gasteiger partial charge in [0, 0.05) is 24.8 Å². The zero-order chi connectivity index (χ0) is 16.1. The summed E-state index contributed by atoms with van der Waals surface area (Å²) in [6.45, 7) is 11.1. The van der Waals surface area contributed by atoms with E-state index in [1.807, 2.05) is 27.8 Å². The third-order valence-electron chi connectivity index (χ3n) is 3.05. The minimum atomic E-state index is -3.57. The lowest BCUT2D eigenvalue weighted by molar-refractivity contribution is 0.270. The second-order valence-electron chi connectivity index (χ2n) is 5.89. The SMILES string of the molecule is C=CCN(C(C)(C)C)S(=O)(=O)c1cnn(CCCNC)c1. The van der Waals surface area contributed by atoms with Crippen molar-refractivity contribution in [2.75, 3.05) is 20.1 Å². The first kappa shape index (κ1) is 17.9. The Morgan fingerprint density at radius 1 is 1.48 bits per heavy atom. The fourth-order valence-electron chi connectivity index (χ4n) is 1.99. The molecule has 0 aromatic carbocycles. The van der Waals surface area contributed by atoms with E-state index >= 15 is 0 Å². The van der Waals surface area contributed by atoms with Crippen LogP contribution in [0.2, 0.25) is 0 Å². The van der Waals surface area contributed by atoms with Gasteiger partial charge < -0.3 is 5.32 Å². The highest BCUT2D eigenvalue weighted by Crippen LogP contribution is 2.23. The smallest absolute Gasteiger partial charge is 0.246 e. The first-order chi connectivity index (χ1) is 9.73. The molecule has 0 aliphatic heterocycles. The highest BCUT2D eigenvalue weighted by atomic mass is 32.2. The van der Waals surface area contributed by atoms with Crippen LogP contribution in [0.25, 0.3) is 0 Å². The number of nitrogens with one attached hydrogen (secondary N) is 1. The maximum atomic E-state index is 12.7. The van der Waals surface area contributed by atoms with Crippen LogP contribution in [-0.4, -0.2) is 48.2 Å². The van der Waals surface area contributed by atoms with Gasteiger partial charge in [-0.05, 0) is 40.8 Å². The average molecular weight is 314 g/mol. The summed E-state index contributed by atoms with van der Waals surface area (Å²) >= 11 is 0. The summed E-state index contributed by atoms with van der Waals surface area (Å²) in [7, 11) is -1.68. The molecule has 0 amide bonds. The van der Waals surface area contributed by atoms with E-state index in [4.69, 9.17) is 0 Å². The van der Waals surface area contributed by atoms with Crippen molar-refractivity contribution in [1.82, 2.24) is 19.4 Å². The van der Waals surface area contributed by atoms with Crippen LogP contribution in [0, 0.1) is 0 Å². The van der Waals surface area contributed by atoms with Crippen LogP contribution in [0.15, 0.2) is 29.9 Å². The van der Waals surface area contributed by atoms with Gasteiger partial charge in [0.25, 0.3) is 0 Å². The molecule has 1 aromatic heterocycles. The molecule has 0 bridgehead atoms. The van der Waals surface area contributed by atoms with Crippen LogP contribution in [0.5, 0.6) is 0 Å². The number of nitrogens with zero attached hydrogens (tertiary/aromatic N) is 3. The number of aromatic nitrogens is 2. The standard InChI is InChI=1S/C14H26N4O2S/c1-6-9-18(14(2,3)4)21(19,20)13-11-16-17(12-13)10-7-8-15-5/h6,11-12,15H,1,7-10H2,2-5H3. The molecule has 6 nitrogen and oxygen atoms in total. The molecule has 0 aliphatic rings. The van der Waals surface area contributed by atoms with Crippen LogP contribution in [0.3, 0.4) is 0 Å². The molecule has 0 radical (unpaired) electrons. The molecule has 0 atom stereocenters. The fourth-order valence-corrected chi connectivity index (χ4v) is 3.71. The van der Waals surface area contributed by atoms with E-state index in [1.165, 1.54) is 10.5 Å². The lowest BCUT2D eigenvalue weighted by Crippen LogP contribution is -2.45. The largest absolute Gasteiger partial charge is 0.320 e. The molecule has 1 rings (SSSR count). The Kier molecular flexibility index (Phi) is 6.12. The molecular weight excluding hydrogens is 288 g/mol. The topological polar surface area (TPSA) is 67.2 Å². The zero-order valence-corrected chi connectivity index (χ0v) is 14.2. The van der Waals surface area contributed by atoms with Gasteiger partial charge in [-0.15, -0.1) is 6.58 Å². The molecule has 0 aliphatic carbocycles. The molecular formula is C14H26N4O2S. The van der Waals surface area contributed by atoms with Crippen molar-refractivity contribution in [3.8, 4) is 0 Å². The molecule has 1 N–H and O–H groups in total. The van der Waals surface area contributed by atoms with Crippen molar-refractivity contribution < 1.29 is 8.42 Å². The van der Waals surface area contributed by atoms with Gasteiger partial charge in [0.1, 0.15) is 4.90 Å². The van der Waals surface area contributed by atoms with Gasteiger partial charge in [-0.3, -0.25) is 4.68 Å². The number of rotatable bonds is 8. The van der Waals surface area contributed by atoms with Gasteiger partial charge in [-0.25, -0.2) is 8.42 Å². The maximum absolute atomic E-state index is 12.7. The molecule has 0 saturated carbocycles. The monoisotopic (exact) mass is 314 g/mol. The average Bonchev–Trinajstić information content (AvgIpc) is 2.84. The Morgan fingerprint density at radius 3 is 2.67 bits per heavy atom. The van der Waals surface area contributed by atoms with Crippen LogP contribution in [0.4, 0.5) is 0 Å². The van der Waals surface area contributed by atoms with Crippen LogP contribution < -0.4 is 5.32 Å². The Balaban J connectivity index is 2.98. The summed E-state index contributed by atoms with van der Waals surface area (Å²) in [5, 5.41) is 7.19. The van der Waals surface area contributed by atoms with Crippen molar-refractivity contribution >= 4 is 10.0 Å². The summed E-state index contributed by atoms with van der Waals surface area (Å²) in [5.74, 6) is 0. The third kappa shape index (κ3) is 4.66. The van der Waals surface area contributed by atoms with Crippen molar-refractivity contribution in [2.24, 2.45) is 0 Å². The summed E-state index contributed by atoms with van der Waals surface area (Å²) in [4.78, 5) is 0.226. The fraction of sp³-hybridized carbons (Fsp3) is 0.643. The quantitative estimate of drug-likeness (QED) is 0.583. The maximum Gasteiger partial charge on any atom is 0.246 e. The minimum absolute atomic E-state index is 0.226. The second-order valence-corrected chi connectivity index (χ2v) is 7.75. The van der Waals surface area contributed by atoms with E-state index in [9.17, 15) is 8.42 Å². The van der Waals surface area contributed by atoms with E-state index in [1.54, 1.807) is 17.0 Å². The van der Waals surface area contributed by atoms with E-state index in [2.05, 4.69) is 17.0 Å². The number of hydrogen-bond acceptors (Lipinski definition) is 4. The van der Waals surface area contributed by atoms with Gasteiger partial charge in [0.2, 0.25) is 10.0 Å². The molecule has 0 unspecified atom stereocenters. The normalized spacial score (nSPS) is 12.8. The van der Waals surface area contributed by atoms with Gasteiger partial charge in [0.15, 0.2) is 0 Å². The van der Waals surface area contributed by atoms with E-state index in [0.717, 1.165) is 13.0 Å². The summed E-state index contributed by atoms with van der Waals surface area (Å²) in [6.07, 6.45) is 5.50.